The van der Waals surface area contributed by atoms with E-state index in [4.69, 9.17) is 14.2 Å². The zero-order valence-electron chi connectivity index (χ0n) is 17.0. The fraction of sp³-hybridized carbons (Fsp3) is 0.304. The van der Waals surface area contributed by atoms with E-state index < -0.39 is 5.97 Å². The molecule has 154 valence electrons. The molecule has 2 aromatic rings. The van der Waals surface area contributed by atoms with Crippen LogP contribution >= 0.6 is 0 Å². The highest BCUT2D eigenvalue weighted by Gasteiger charge is 2.09. The van der Waals surface area contributed by atoms with Crippen LogP contribution in [-0.4, -0.2) is 38.7 Å². The van der Waals surface area contributed by atoms with Gasteiger partial charge in [-0.25, -0.2) is 4.79 Å². The van der Waals surface area contributed by atoms with Gasteiger partial charge in [0, 0.05) is 12.6 Å². The van der Waals surface area contributed by atoms with Crippen LogP contribution in [0.4, 0.5) is 0 Å². The fourth-order valence-electron chi connectivity index (χ4n) is 2.63. The summed E-state index contributed by atoms with van der Waals surface area (Å²) in [4.78, 5) is 23.8. The van der Waals surface area contributed by atoms with Crippen LogP contribution in [0.2, 0.25) is 0 Å². The largest absolute Gasteiger partial charge is 0.493 e. The molecular weight excluding hydrogens is 370 g/mol. The van der Waals surface area contributed by atoms with E-state index >= 15 is 0 Å². The Bertz CT molecular complexity index is 832. The highest BCUT2D eigenvalue weighted by Crippen LogP contribution is 2.28. The Morgan fingerprint density at radius 1 is 1.10 bits per heavy atom. The third-order valence-corrected chi connectivity index (χ3v) is 4.22. The number of benzene rings is 2. The van der Waals surface area contributed by atoms with Crippen molar-refractivity contribution in [2.24, 2.45) is 0 Å². The van der Waals surface area contributed by atoms with Gasteiger partial charge in [-0.2, -0.15) is 0 Å². The Morgan fingerprint density at radius 2 is 1.86 bits per heavy atom. The van der Waals surface area contributed by atoms with Gasteiger partial charge in [0.1, 0.15) is 0 Å². The first-order valence-corrected chi connectivity index (χ1v) is 9.50. The van der Waals surface area contributed by atoms with Crippen LogP contribution in [0.15, 0.2) is 54.6 Å². The minimum absolute atomic E-state index is 0.172. The monoisotopic (exact) mass is 397 g/mol. The molecule has 0 aliphatic carbocycles. The number of carbonyl (C=O) groups is 2. The maximum Gasteiger partial charge on any atom is 0.331 e. The highest BCUT2D eigenvalue weighted by molar-refractivity contribution is 5.89. The molecule has 0 heterocycles. The van der Waals surface area contributed by atoms with Crippen LogP contribution < -0.4 is 14.8 Å². The van der Waals surface area contributed by atoms with E-state index in [1.165, 1.54) is 6.08 Å². The van der Waals surface area contributed by atoms with E-state index in [1.54, 1.807) is 31.4 Å². The average Bonchev–Trinajstić information content (AvgIpc) is 2.76. The van der Waals surface area contributed by atoms with Crippen LogP contribution in [0.25, 0.3) is 6.08 Å². The van der Waals surface area contributed by atoms with E-state index in [0.29, 0.717) is 24.7 Å². The number of hydrogen-bond acceptors (Lipinski definition) is 5. The topological polar surface area (TPSA) is 73.9 Å². The van der Waals surface area contributed by atoms with Crippen molar-refractivity contribution >= 4 is 18.0 Å². The van der Waals surface area contributed by atoms with Crippen LogP contribution in [0, 0.1) is 0 Å². The van der Waals surface area contributed by atoms with Crippen LogP contribution in [0.5, 0.6) is 11.5 Å². The molecule has 0 bridgehead atoms. The summed E-state index contributed by atoms with van der Waals surface area (Å²) in [6.45, 7) is 4.60. The van der Waals surface area contributed by atoms with Crippen molar-refractivity contribution < 1.29 is 23.8 Å². The Balaban J connectivity index is 1.78. The second-order valence-corrected chi connectivity index (χ2v) is 6.40. The zero-order chi connectivity index (χ0) is 21.1. The number of hydrogen-bond donors (Lipinski definition) is 1. The van der Waals surface area contributed by atoms with E-state index in [9.17, 15) is 9.59 Å². The van der Waals surface area contributed by atoms with Crippen molar-refractivity contribution in [2.45, 2.75) is 19.8 Å². The molecule has 0 aromatic heterocycles. The lowest BCUT2D eigenvalue weighted by atomic mass is 10.0. The smallest absolute Gasteiger partial charge is 0.331 e. The Kier molecular flexibility index (Phi) is 8.76. The van der Waals surface area contributed by atoms with Gasteiger partial charge in [0.05, 0.1) is 13.7 Å². The molecule has 0 aliphatic rings. The zero-order valence-corrected chi connectivity index (χ0v) is 17.0. The Hall–Kier alpha value is -3.28. The molecular formula is C23H27NO5. The molecule has 0 radical (unpaired) electrons. The van der Waals surface area contributed by atoms with Crippen molar-refractivity contribution in [3.63, 3.8) is 0 Å². The molecule has 6 heteroatoms. The summed E-state index contributed by atoms with van der Waals surface area (Å²) in [7, 11) is 1.55. The van der Waals surface area contributed by atoms with Crippen molar-refractivity contribution in [2.75, 3.05) is 26.9 Å². The first kappa shape index (κ1) is 22.0. The molecule has 0 fully saturated rings. The summed E-state index contributed by atoms with van der Waals surface area (Å²) in [5, 5.41) is 2.77. The average molecular weight is 397 g/mol. The van der Waals surface area contributed by atoms with Crippen molar-refractivity contribution in [1.29, 1.82) is 0 Å². The predicted molar refractivity (Wildman–Crippen MR) is 112 cm³/mol. The molecule has 2 rings (SSSR count). The predicted octanol–water partition coefficient (Wildman–Crippen LogP) is 3.57. The lowest BCUT2D eigenvalue weighted by Gasteiger charge is -2.12. The minimum atomic E-state index is -0.593. The van der Waals surface area contributed by atoms with E-state index in [2.05, 4.69) is 5.32 Å². The first-order chi connectivity index (χ1) is 14.0. The second kappa shape index (κ2) is 11.5. The van der Waals surface area contributed by atoms with Gasteiger partial charge in [0.15, 0.2) is 18.1 Å². The van der Waals surface area contributed by atoms with Crippen molar-refractivity contribution in [3.8, 4) is 11.5 Å². The lowest BCUT2D eigenvalue weighted by Crippen LogP contribution is -2.31. The van der Waals surface area contributed by atoms with Crippen LogP contribution in [0.1, 0.15) is 30.9 Å². The molecule has 0 aliphatic heterocycles. The molecule has 0 saturated carbocycles. The molecule has 0 saturated heterocycles. The SMILES string of the molecule is CCOc1ccc(/C=C/C(=O)OCC(=O)NCC(C)c2ccccc2)cc1OC. The van der Waals surface area contributed by atoms with Crippen LogP contribution in [0.3, 0.4) is 0 Å². The van der Waals surface area contributed by atoms with Crippen LogP contribution in [-0.2, 0) is 14.3 Å². The lowest BCUT2D eigenvalue weighted by molar-refractivity contribution is -0.143. The van der Waals surface area contributed by atoms with Gasteiger partial charge < -0.3 is 19.5 Å². The van der Waals surface area contributed by atoms with Gasteiger partial charge in [-0.05, 0) is 42.2 Å². The van der Waals surface area contributed by atoms with Gasteiger partial charge in [0.25, 0.3) is 5.91 Å². The van der Waals surface area contributed by atoms with E-state index in [-0.39, 0.29) is 18.4 Å². The maximum absolute atomic E-state index is 11.9. The number of amides is 1. The van der Waals surface area contributed by atoms with Crippen molar-refractivity contribution in [1.82, 2.24) is 5.32 Å². The van der Waals surface area contributed by atoms with Crippen molar-refractivity contribution in [3.05, 3.63) is 65.7 Å². The molecule has 29 heavy (non-hydrogen) atoms. The Labute approximate surface area is 171 Å². The number of ether oxygens (including phenoxy) is 3. The summed E-state index contributed by atoms with van der Waals surface area (Å²) in [5.74, 6) is 0.456. The number of methoxy groups -OCH3 is 1. The number of carbonyl (C=O) groups excluding carboxylic acids is 2. The summed E-state index contributed by atoms with van der Waals surface area (Å²) in [6, 6.07) is 15.2. The third-order valence-electron chi connectivity index (χ3n) is 4.22. The second-order valence-electron chi connectivity index (χ2n) is 6.40. The van der Waals surface area contributed by atoms with Gasteiger partial charge in [-0.15, -0.1) is 0 Å². The molecule has 1 atom stereocenters. The maximum atomic E-state index is 11.9. The number of rotatable bonds is 10. The van der Waals surface area contributed by atoms with E-state index in [0.717, 1.165) is 11.1 Å². The van der Waals surface area contributed by atoms with Gasteiger partial charge >= 0.3 is 5.97 Å². The normalized spacial score (nSPS) is 11.7. The standard InChI is InChI=1S/C23H27NO5/c1-4-28-20-12-10-18(14-21(20)27-3)11-13-23(26)29-16-22(25)24-15-17(2)19-8-6-5-7-9-19/h5-14,17H,4,15-16H2,1-3H3,(H,24,25)/b13-11+. The Morgan fingerprint density at radius 3 is 2.55 bits per heavy atom. The molecule has 2 aromatic carbocycles. The molecule has 1 amide bonds. The molecule has 1 unspecified atom stereocenters. The fourth-order valence-corrected chi connectivity index (χ4v) is 2.63. The summed E-state index contributed by atoms with van der Waals surface area (Å²) in [5.41, 5.74) is 1.89. The summed E-state index contributed by atoms with van der Waals surface area (Å²) < 4.78 is 15.7. The summed E-state index contributed by atoms with van der Waals surface area (Å²) in [6.07, 6.45) is 2.87. The van der Waals surface area contributed by atoms with Gasteiger partial charge in [0.2, 0.25) is 0 Å². The first-order valence-electron chi connectivity index (χ1n) is 9.50. The van der Waals surface area contributed by atoms with Gasteiger partial charge in [-0.3, -0.25) is 4.79 Å². The highest BCUT2D eigenvalue weighted by atomic mass is 16.5. The summed E-state index contributed by atoms with van der Waals surface area (Å²) >= 11 is 0. The number of nitrogens with one attached hydrogen (secondary N) is 1. The number of esters is 1. The van der Waals surface area contributed by atoms with Gasteiger partial charge in [-0.1, -0.05) is 43.3 Å². The quantitative estimate of drug-likeness (QED) is 0.490. The molecule has 1 N–H and O–H groups in total. The molecule has 6 nitrogen and oxygen atoms in total. The third kappa shape index (κ3) is 7.33. The molecule has 0 spiro atoms. The van der Waals surface area contributed by atoms with E-state index in [1.807, 2.05) is 44.2 Å². The minimum Gasteiger partial charge on any atom is -0.493 e.